The largest absolute Gasteiger partial charge is 0.396 e. The zero-order chi connectivity index (χ0) is 12.3. The first-order chi connectivity index (χ1) is 8.24. The fraction of sp³-hybridized carbons (Fsp3) is 0.231. The van der Waals surface area contributed by atoms with Crippen molar-refractivity contribution in [1.29, 1.82) is 0 Å². The van der Waals surface area contributed by atoms with Crippen molar-refractivity contribution in [1.82, 2.24) is 4.98 Å². The van der Waals surface area contributed by atoms with Crippen molar-refractivity contribution in [2.45, 2.75) is 17.7 Å². The Labute approximate surface area is 105 Å². The molecule has 0 spiro atoms. The number of para-hydroxylation sites is 1. The van der Waals surface area contributed by atoms with Gasteiger partial charge in [-0.3, -0.25) is 9.78 Å². The molecule has 1 heterocycles. The molecular formula is C13H13NO2S. The SMILES string of the molecule is O=C(CCCO)c1ccnc2c(S)cccc12. The molecule has 17 heavy (non-hydrogen) atoms. The van der Waals surface area contributed by atoms with Gasteiger partial charge in [0.25, 0.3) is 0 Å². The molecule has 0 aliphatic heterocycles. The number of fused-ring (bicyclic) bond motifs is 1. The first-order valence-electron chi connectivity index (χ1n) is 5.45. The normalized spacial score (nSPS) is 10.7. The average Bonchev–Trinajstić information content (AvgIpc) is 2.36. The van der Waals surface area contributed by atoms with Crippen LogP contribution in [-0.4, -0.2) is 22.5 Å². The second-order valence-electron chi connectivity index (χ2n) is 3.78. The van der Waals surface area contributed by atoms with Gasteiger partial charge in [-0.05, 0) is 18.6 Å². The lowest BCUT2D eigenvalue weighted by Crippen LogP contribution is -2.02. The van der Waals surface area contributed by atoms with E-state index in [2.05, 4.69) is 17.6 Å². The summed E-state index contributed by atoms with van der Waals surface area (Å²) in [6.07, 6.45) is 2.46. The number of hydrogen-bond acceptors (Lipinski definition) is 4. The van der Waals surface area contributed by atoms with Crippen LogP contribution in [0.4, 0.5) is 0 Å². The second-order valence-corrected chi connectivity index (χ2v) is 4.26. The van der Waals surface area contributed by atoms with Gasteiger partial charge in [0.2, 0.25) is 0 Å². The number of nitrogens with zero attached hydrogens (tertiary/aromatic N) is 1. The Morgan fingerprint density at radius 2 is 2.18 bits per heavy atom. The summed E-state index contributed by atoms with van der Waals surface area (Å²) in [5, 5.41) is 9.56. The lowest BCUT2D eigenvalue weighted by Gasteiger charge is -2.06. The van der Waals surface area contributed by atoms with Crippen molar-refractivity contribution in [2.24, 2.45) is 0 Å². The van der Waals surface area contributed by atoms with Gasteiger partial charge in [0.05, 0.1) is 5.52 Å². The fourth-order valence-electron chi connectivity index (χ4n) is 1.78. The van der Waals surface area contributed by atoms with Crippen molar-refractivity contribution in [2.75, 3.05) is 6.61 Å². The number of aromatic nitrogens is 1. The Hall–Kier alpha value is -1.39. The molecular weight excluding hydrogens is 234 g/mol. The van der Waals surface area contributed by atoms with Gasteiger partial charge in [0.1, 0.15) is 0 Å². The van der Waals surface area contributed by atoms with Crippen LogP contribution in [0.3, 0.4) is 0 Å². The molecule has 0 radical (unpaired) electrons. The molecule has 4 heteroatoms. The van der Waals surface area contributed by atoms with E-state index in [1.807, 2.05) is 18.2 Å². The molecule has 0 saturated carbocycles. The lowest BCUT2D eigenvalue weighted by atomic mass is 10.0. The number of aliphatic hydroxyl groups is 1. The van der Waals surface area contributed by atoms with Gasteiger partial charge in [-0.25, -0.2) is 0 Å². The second kappa shape index (κ2) is 5.29. The average molecular weight is 247 g/mol. The molecule has 0 saturated heterocycles. The first-order valence-corrected chi connectivity index (χ1v) is 5.89. The van der Waals surface area contributed by atoms with E-state index in [-0.39, 0.29) is 12.4 Å². The third-order valence-electron chi connectivity index (χ3n) is 2.61. The molecule has 0 bridgehead atoms. The molecule has 1 aromatic carbocycles. The van der Waals surface area contributed by atoms with Crippen LogP contribution >= 0.6 is 12.6 Å². The van der Waals surface area contributed by atoms with Crippen LogP contribution in [0.1, 0.15) is 23.2 Å². The van der Waals surface area contributed by atoms with E-state index in [1.165, 1.54) is 0 Å². The van der Waals surface area contributed by atoms with Gasteiger partial charge in [-0.2, -0.15) is 0 Å². The van der Waals surface area contributed by atoms with Crippen LogP contribution in [0.25, 0.3) is 10.9 Å². The number of rotatable bonds is 4. The number of pyridine rings is 1. The Bertz CT molecular complexity index is 554. The van der Waals surface area contributed by atoms with E-state index in [4.69, 9.17) is 5.11 Å². The summed E-state index contributed by atoms with van der Waals surface area (Å²) >= 11 is 4.32. The molecule has 0 unspecified atom stereocenters. The van der Waals surface area contributed by atoms with Crippen LogP contribution in [-0.2, 0) is 0 Å². The molecule has 88 valence electrons. The Balaban J connectivity index is 2.47. The van der Waals surface area contributed by atoms with E-state index in [0.717, 1.165) is 15.8 Å². The number of carbonyl (C=O) groups excluding carboxylic acids is 1. The maximum Gasteiger partial charge on any atom is 0.163 e. The molecule has 0 fully saturated rings. The summed E-state index contributed by atoms with van der Waals surface area (Å²) in [7, 11) is 0. The zero-order valence-corrected chi connectivity index (χ0v) is 10.2. The van der Waals surface area contributed by atoms with Gasteiger partial charge < -0.3 is 5.11 Å². The summed E-state index contributed by atoms with van der Waals surface area (Å²) in [5.74, 6) is 0.0328. The minimum Gasteiger partial charge on any atom is -0.396 e. The van der Waals surface area contributed by atoms with Crippen molar-refractivity contribution >= 4 is 29.3 Å². The highest BCUT2D eigenvalue weighted by molar-refractivity contribution is 7.80. The maximum absolute atomic E-state index is 12.0. The standard InChI is InChI=1S/C13H13NO2S/c15-8-2-4-11(16)9-6-7-14-13-10(9)3-1-5-12(13)17/h1,3,5-7,15,17H,2,4,8H2. The Morgan fingerprint density at radius 3 is 2.94 bits per heavy atom. The lowest BCUT2D eigenvalue weighted by molar-refractivity contribution is 0.0973. The number of hydrogen-bond donors (Lipinski definition) is 2. The molecule has 0 atom stereocenters. The quantitative estimate of drug-likeness (QED) is 0.644. The van der Waals surface area contributed by atoms with Crippen molar-refractivity contribution in [3.63, 3.8) is 0 Å². The van der Waals surface area contributed by atoms with E-state index in [0.29, 0.717) is 18.4 Å². The summed E-state index contributed by atoms with van der Waals surface area (Å²) in [4.78, 5) is 17.0. The van der Waals surface area contributed by atoms with Gasteiger partial charge in [0.15, 0.2) is 5.78 Å². The third-order valence-corrected chi connectivity index (χ3v) is 2.97. The molecule has 3 nitrogen and oxygen atoms in total. The number of carbonyl (C=O) groups is 1. The van der Waals surface area contributed by atoms with E-state index in [1.54, 1.807) is 12.3 Å². The topological polar surface area (TPSA) is 50.2 Å². The Kier molecular flexibility index (Phi) is 3.76. The van der Waals surface area contributed by atoms with E-state index < -0.39 is 0 Å². The summed E-state index contributed by atoms with van der Waals surface area (Å²) in [5.41, 5.74) is 1.39. The highest BCUT2D eigenvalue weighted by atomic mass is 32.1. The summed E-state index contributed by atoms with van der Waals surface area (Å²) in [6.45, 7) is 0.0343. The van der Waals surface area contributed by atoms with Gasteiger partial charge in [-0.15, -0.1) is 12.6 Å². The zero-order valence-electron chi connectivity index (χ0n) is 9.26. The number of thiol groups is 1. The van der Waals surface area contributed by atoms with Gasteiger partial charge >= 0.3 is 0 Å². The summed E-state index contributed by atoms with van der Waals surface area (Å²) < 4.78 is 0. The van der Waals surface area contributed by atoms with Crippen molar-refractivity contribution in [3.8, 4) is 0 Å². The fourth-order valence-corrected chi connectivity index (χ4v) is 2.04. The highest BCUT2D eigenvalue weighted by Gasteiger charge is 2.11. The van der Waals surface area contributed by atoms with Crippen molar-refractivity contribution < 1.29 is 9.90 Å². The predicted octanol–water partition coefficient (Wildman–Crippen LogP) is 2.48. The first kappa shape index (κ1) is 12.1. The monoisotopic (exact) mass is 247 g/mol. The Morgan fingerprint density at radius 1 is 1.35 bits per heavy atom. The number of ketones is 1. The minimum absolute atomic E-state index is 0.0328. The summed E-state index contributed by atoms with van der Waals surface area (Å²) in [6, 6.07) is 7.29. The molecule has 1 aromatic heterocycles. The molecule has 2 rings (SSSR count). The number of Topliss-reactive ketones (excluding diaryl/α,β-unsaturated/α-hetero) is 1. The molecule has 2 aromatic rings. The number of aliphatic hydroxyl groups excluding tert-OH is 1. The highest BCUT2D eigenvalue weighted by Crippen LogP contribution is 2.23. The smallest absolute Gasteiger partial charge is 0.163 e. The predicted molar refractivity (Wildman–Crippen MR) is 69.6 cm³/mol. The third kappa shape index (κ3) is 2.48. The van der Waals surface area contributed by atoms with Crippen LogP contribution < -0.4 is 0 Å². The molecule has 0 aliphatic rings. The van der Waals surface area contributed by atoms with Gasteiger partial charge in [-0.1, -0.05) is 12.1 Å². The van der Waals surface area contributed by atoms with E-state index in [9.17, 15) is 4.79 Å². The van der Waals surface area contributed by atoms with E-state index >= 15 is 0 Å². The molecule has 1 N–H and O–H groups in total. The van der Waals surface area contributed by atoms with Crippen LogP contribution in [0.5, 0.6) is 0 Å². The minimum atomic E-state index is 0.0328. The van der Waals surface area contributed by atoms with Crippen LogP contribution in [0.15, 0.2) is 35.4 Å². The van der Waals surface area contributed by atoms with Crippen LogP contribution in [0, 0.1) is 0 Å². The molecule has 0 aliphatic carbocycles. The van der Waals surface area contributed by atoms with Gasteiger partial charge in [0, 0.05) is 35.1 Å². The van der Waals surface area contributed by atoms with Crippen molar-refractivity contribution in [3.05, 3.63) is 36.0 Å². The molecule has 0 amide bonds. The number of benzene rings is 1. The maximum atomic E-state index is 12.0. The van der Waals surface area contributed by atoms with Crippen LogP contribution in [0.2, 0.25) is 0 Å².